The standard InChI is InChI=1S/C18H21F2N3O3S/c1-18(2,3)26-17(25)23-9-5-4-6-12(23)15(24)22-16-21-13-10(19)7-8-11(20)14(13)27-16/h7-8,12H,4-6,9H2,1-3H3,(H,21,22,24). The summed E-state index contributed by atoms with van der Waals surface area (Å²) in [5.74, 6) is -1.70. The fourth-order valence-electron chi connectivity index (χ4n) is 2.93. The molecule has 0 spiro atoms. The maximum absolute atomic E-state index is 13.8. The molecule has 6 nitrogen and oxygen atoms in total. The lowest BCUT2D eigenvalue weighted by Crippen LogP contribution is -2.51. The van der Waals surface area contributed by atoms with E-state index in [-0.39, 0.29) is 15.3 Å². The average molecular weight is 397 g/mol. The van der Waals surface area contributed by atoms with E-state index in [4.69, 9.17) is 4.74 Å². The monoisotopic (exact) mass is 397 g/mol. The van der Waals surface area contributed by atoms with E-state index >= 15 is 0 Å². The smallest absolute Gasteiger partial charge is 0.410 e. The predicted octanol–water partition coefficient (Wildman–Crippen LogP) is 4.30. The minimum absolute atomic E-state index is 0.0398. The van der Waals surface area contributed by atoms with Gasteiger partial charge in [-0.25, -0.2) is 18.6 Å². The molecule has 0 saturated carbocycles. The Morgan fingerprint density at radius 1 is 1.26 bits per heavy atom. The van der Waals surface area contributed by atoms with E-state index in [9.17, 15) is 18.4 Å². The molecule has 1 fully saturated rings. The molecule has 1 unspecified atom stereocenters. The highest BCUT2D eigenvalue weighted by Gasteiger charge is 2.35. The second kappa shape index (κ2) is 7.38. The summed E-state index contributed by atoms with van der Waals surface area (Å²) in [6, 6.07) is 1.30. The van der Waals surface area contributed by atoms with E-state index in [0.717, 1.165) is 36.3 Å². The Morgan fingerprint density at radius 2 is 1.96 bits per heavy atom. The van der Waals surface area contributed by atoms with Crippen LogP contribution in [0.2, 0.25) is 0 Å². The molecule has 0 radical (unpaired) electrons. The first-order chi connectivity index (χ1) is 12.7. The molecule has 0 bridgehead atoms. The average Bonchev–Trinajstić information content (AvgIpc) is 3.02. The van der Waals surface area contributed by atoms with Crippen LogP contribution in [-0.4, -0.2) is 40.1 Å². The number of likely N-dealkylation sites (tertiary alicyclic amines) is 1. The number of benzene rings is 1. The van der Waals surface area contributed by atoms with Gasteiger partial charge in [-0.05, 0) is 52.2 Å². The summed E-state index contributed by atoms with van der Waals surface area (Å²) in [5, 5.41) is 2.68. The van der Waals surface area contributed by atoms with Gasteiger partial charge in [-0.2, -0.15) is 0 Å². The van der Waals surface area contributed by atoms with Crippen molar-refractivity contribution in [3.8, 4) is 0 Å². The van der Waals surface area contributed by atoms with Gasteiger partial charge in [0.2, 0.25) is 5.91 Å². The highest BCUT2D eigenvalue weighted by atomic mass is 32.1. The lowest BCUT2D eigenvalue weighted by Gasteiger charge is -2.35. The maximum atomic E-state index is 13.8. The molecular formula is C18H21F2N3O3S. The zero-order valence-electron chi connectivity index (χ0n) is 15.3. The van der Waals surface area contributed by atoms with E-state index in [1.165, 1.54) is 4.90 Å². The maximum Gasteiger partial charge on any atom is 0.410 e. The lowest BCUT2D eigenvalue weighted by molar-refractivity contribution is -0.122. The summed E-state index contributed by atoms with van der Waals surface area (Å²) >= 11 is 0.857. The SMILES string of the molecule is CC(C)(C)OC(=O)N1CCCCC1C(=O)Nc1nc2c(F)ccc(F)c2s1. The molecule has 1 aromatic carbocycles. The van der Waals surface area contributed by atoms with E-state index in [2.05, 4.69) is 10.3 Å². The Morgan fingerprint density at radius 3 is 2.63 bits per heavy atom. The first kappa shape index (κ1) is 19.5. The number of carbonyl (C=O) groups excluding carboxylic acids is 2. The van der Waals surface area contributed by atoms with Gasteiger partial charge in [0.1, 0.15) is 23.0 Å². The van der Waals surface area contributed by atoms with Gasteiger partial charge in [0.05, 0.1) is 4.70 Å². The Labute approximate surface area is 159 Å². The molecule has 1 aromatic heterocycles. The number of ether oxygens (including phenoxy) is 1. The van der Waals surface area contributed by atoms with Gasteiger partial charge < -0.3 is 10.1 Å². The lowest BCUT2D eigenvalue weighted by atomic mass is 10.0. The van der Waals surface area contributed by atoms with Crippen LogP contribution in [0.25, 0.3) is 10.2 Å². The number of halogens is 2. The first-order valence-electron chi connectivity index (χ1n) is 8.71. The van der Waals surface area contributed by atoms with Crippen molar-refractivity contribution in [2.24, 2.45) is 0 Å². The molecular weight excluding hydrogens is 376 g/mol. The molecule has 146 valence electrons. The zero-order valence-corrected chi connectivity index (χ0v) is 16.2. The number of rotatable bonds is 2. The van der Waals surface area contributed by atoms with Gasteiger partial charge in [-0.3, -0.25) is 9.69 Å². The largest absolute Gasteiger partial charge is 0.444 e. The fraction of sp³-hybridized carbons (Fsp3) is 0.500. The number of anilines is 1. The quantitative estimate of drug-likeness (QED) is 0.820. The predicted molar refractivity (Wildman–Crippen MR) is 98.7 cm³/mol. The van der Waals surface area contributed by atoms with Crippen LogP contribution in [0.5, 0.6) is 0 Å². The van der Waals surface area contributed by atoms with E-state index in [1.807, 2.05) is 0 Å². The van der Waals surface area contributed by atoms with Crippen LogP contribution in [0, 0.1) is 11.6 Å². The van der Waals surface area contributed by atoms with Crippen LogP contribution in [0.4, 0.5) is 18.7 Å². The first-order valence-corrected chi connectivity index (χ1v) is 9.52. The van der Waals surface area contributed by atoms with E-state index in [1.54, 1.807) is 20.8 Å². The molecule has 3 rings (SSSR count). The van der Waals surface area contributed by atoms with Crippen LogP contribution >= 0.6 is 11.3 Å². The number of fused-ring (bicyclic) bond motifs is 1. The van der Waals surface area contributed by atoms with E-state index in [0.29, 0.717) is 13.0 Å². The topological polar surface area (TPSA) is 71.5 Å². The van der Waals surface area contributed by atoms with Crippen molar-refractivity contribution in [3.05, 3.63) is 23.8 Å². The molecule has 1 saturated heterocycles. The van der Waals surface area contributed by atoms with Crippen LogP contribution in [0.1, 0.15) is 40.0 Å². The molecule has 9 heteroatoms. The van der Waals surface area contributed by atoms with Crippen LogP contribution in [0.3, 0.4) is 0 Å². The molecule has 1 N–H and O–H groups in total. The van der Waals surface area contributed by atoms with Crippen molar-refractivity contribution in [3.63, 3.8) is 0 Å². The van der Waals surface area contributed by atoms with Gasteiger partial charge >= 0.3 is 6.09 Å². The molecule has 27 heavy (non-hydrogen) atoms. The second-order valence-corrected chi connectivity index (χ2v) is 8.40. The molecule has 1 aliphatic heterocycles. The zero-order chi connectivity index (χ0) is 19.8. The molecule has 1 atom stereocenters. The van der Waals surface area contributed by atoms with Crippen LogP contribution in [0.15, 0.2) is 12.1 Å². The highest BCUT2D eigenvalue weighted by Crippen LogP contribution is 2.31. The van der Waals surface area contributed by atoms with Crippen molar-refractivity contribution in [1.29, 1.82) is 0 Å². The summed E-state index contributed by atoms with van der Waals surface area (Å²) in [4.78, 5) is 30.5. The highest BCUT2D eigenvalue weighted by molar-refractivity contribution is 7.22. The fourth-order valence-corrected chi connectivity index (χ4v) is 3.82. The van der Waals surface area contributed by atoms with Gasteiger partial charge in [-0.1, -0.05) is 11.3 Å². The summed E-state index contributed by atoms with van der Waals surface area (Å²) in [6.45, 7) is 5.69. The van der Waals surface area contributed by atoms with Crippen molar-refractivity contribution >= 4 is 38.7 Å². The van der Waals surface area contributed by atoms with Crippen molar-refractivity contribution in [2.45, 2.75) is 51.7 Å². The second-order valence-electron chi connectivity index (χ2n) is 7.40. The summed E-state index contributed by atoms with van der Waals surface area (Å²) in [5.41, 5.74) is -0.791. The summed E-state index contributed by atoms with van der Waals surface area (Å²) < 4.78 is 33.0. The van der Waals surface area contributed by atoms with Crippen molar-refractivity contribution in [1.82, 2.24) is 9.88 Å². The minimum Gasteiger partial charge on any atom is -0.444 e. The molecule has 1 aliphatic rings. The number of hydrogen-bond donors (Lipinski definition) is 1. The summed E-state index contributed by atoms with van der Waals surface area (Å²) in [7, 11) is 0. The van der Waals surface area contributed by atoms with Gasteiger partial charge in [0.15, 0.2) is 10.9 Å². The Kier molecular flexibility index (Phi) is 5.32. The van der Waals surface area contributed by atoms with Gasteiger partial charge in [-0.15, -0.1) is 0 Å². The normalized spacial score (nSPS) is 17.8. The van der Waals surface area contributed by atoms with Gasteiger partial charge in [0, 0.05) is 6.54 Å². The van der Waals surface area contributed by atoms with Gasteiger partial charge in [0.25, 0.3) is 0 Å². The van der Waals surface area contributed by atoms with Crippen molar-refractivity contribution in [2.75, 3.05) is 11.9 Å². The summed E-state index contributed by atoms with van der Waals surface area (Å²) in [6.07, 6.45) is 1.50. The number of amides is 2. The number of aromatic nitrogens is 1. The van der Waals surface area contributed by atoms with Crippen molar-refractivity contribution < 1.29 is 23.1 Å². The number of thiazole rings is 1. The number of nitrogens with one attached hydrogen (secondary N) is 1. The minimum atomic E-state index is -0.713. The third kappa shape index (κ3) is 4.35. The number of piperidine rings is 1. The third-order valence-electron chi connectivity index (χ3n) is 4.11. The molecule has 2 aromatic rings. The Balaban J connectivity index is 1.78. The number of nitrogens with zero attached hydrogens (tertiary/aromatic N) is 2. The van der Waals surface area contributed by atoms with Crippen LogP contribution < -0.4 is 5.32 Å². The number of carbonyl (C=O) groups is 2. The Bertz CT molecular complexity index is 840. The number of hydrogen-bond acceptors (Lipinski definition) is 5. The Hall–Kier alpha value is -2.29. The molecule has 2 heterocycles. The van der Waals surface area contributed by atoms with Crippen LogP contribution in [-0.2, 0) is 9.53 Å². The van der Waals surface area contributed by atoms with E-state index < -0.39 is 35.3 Å². The molecule has 0 aliphatic carbocycles. The molecule has 2 amide bonds. The third-order valence-corrected chi connectivity index (χ3v) is 5.09.